The number of hydrogen-bond acceptors (Lipinski definition) is 5. The summed E-state index contributed by atoms with van der Waals surface area (Å²) in [6.45, 7) is 0. The summed E-state index contributed by atoms with van der Waals surface area (Å²) in [6, 6.07) is 11.5. The van der Waals surface area contributed by atoms with Crippen LogP contribution in [0.25, 0.3) is 22.6 Å². The molecule has 8 heteroatoms. The van der Waals surface area contributed by atoms with E-state index in [2.05, 4.69) is 10.2 Å². The van der Waals surface area contributed by atoms with Crippen molar-refractivity contribution in [3.63, 3.8) is 0 Å². The van der Waals surface area contributed by atoms with Crippen LogP contribution in [0.1, 0.15) is 11.5 Å². The number of benzene rings is 2. The van der Waals surface area contributed by atoms with Crippen molar-refractivity contribution in [3.05, 3.63) is 75.9 Å². The first-order chi connectivity index (χ1) is 11.5. The first kappa shape index (κ1) is 15.8. The Balaban J connectivity index is 1.86. The van der Waals surface area contributed by atoms with Crippen LogP contribution in [-0.2, 0) is 0 Å². The molecule has 0 aliphatic carbocycles. The first-order valence-corrected chi connectivity index (χ1v) is 7.12. The Hall–Kier alpha value is -3.06. The molecule has 120 valence electrons. The molecule has 0 saturated heterocycles. The predicted molar refractivity (Wildman–Crippen MR) is 86.5 cm³/mol. The summed E-state index contributed by atoms with van der Waals surface area (Å²) >= 11 is 6.11. The summed E-state index contributed by atoms with van der Waals surface area (Å²) in [5, 5.41) is 18.5. The van der Waals surface area contributed by atoms with Crippen LogP contribution in [0.3, 0.4) is 0 Å². The van der Waals surface area contributed by atoms with Crippen molar-refractivity contribution in [1.82, 2.24) is 10.2 Å². The predicted octanol–water partition coefficient (Wildman–Crippen LogP) is 4.52. The summed E-state index contributed by atoms with van der Waals surface area (Å²) in [4.78, 5) is 10.1. The molecule has 0 aliphatic heterocycles. The second-order valence-corrected chi connectivity index (χ2v) is 5.17. The largest absolute Gasteiger partial charge is 0.415 e. The van der Waals surface area contributed by atoms with E-state index in [1.807, 2.05) is 0 Å². The van der Waals surface area contributed by atoms with Gasteiger partial charge in [-0.15, -0.1) is 10.2 Å². The minimum absolute atomic E-state index is 0.0393. The summed E-state index contributed by atoms with van der Waals surface area (Å²) in [5.74, 6) is -0.148. The fraction of sp³-hybridized carbons (Fsp3) is 0. The lowest BCUT2D eigenvalue weighted by Gasteiger charge is -1.96. The standard InChI is InChI=1S/C16H9ClFN3O3/c17-14(9-10-2-1-3-12(18)8-10)16-20-19-15(24-16)11-4-6-13(7-5-11)21(22)23/h1-9H/b14-9-. The quantitative estimate of drug-likeness (QED) is 0.513. The lowest BCUT2D eigenvalue weighted by molar-refractivity contribution is -0.384. The van der Waals surface area contributed by atoms with Crippen LogP contribution in [-0.4, -0.2) is 15.1 Å². The van der Waals surface area contributed by atoms with Crippen LogP contribution in [0.15, 0.2) is 52.9 Å². The molecule has 2 aromatic carbocycles. The summed E-state index contributed by atoms with van der Waals surface area (Å²) in [6.07, 6.45) is 1.50. The molecule has 3 rings (SSSR count). The van der Waals surface area contributed by atoms with Crippen molar-refractivity contribution >= 4 is 28.4 Å². The first-order valence-electron chi connectivity index (χ1n) is 6.74. The highest BCUT2D eigenvalue weighted by Crippen LogP contribution is 2.26. The van der Waals surface area contributed by atoms with E-state index in [9.17, 15) is 14.5 Å². The number of hydrogen-bond donors (Lipinski definition) is 0. The van der Waals surface area contributed by atoms with Crippen LogP contribution in [0.2, 0.25) is 0 Å². The van der Waals surface area contributed by atoms with E-state index < -0.39 is 4.92 Å². The lowest BCUT2D eigenvalue weighted by Crippen LogP contribution is -1.87. The van der Waals surface area contributed by atoms with Gasteiger partial charge in [0.15, 0.2) is 0 Å². The lowest BCUT2D eigenvalue weighted by atomic mass is 10.2. The molecule has 6 nitrogen and oxygen atoms in total. The van der Waals surface area contributed by atoms with Crippen molar-refractivity contribution in [3.8, 4) is 11.5 Å². The second kappa shape index (κ2) is 6.59. The Kier molecular flexibility index (Phi) is 4.35. The summed E-state index contributed by atoms with van der Waals surface area (Å²) < 4.78 is 18.6. The van der Waals surface area contributed by atoms with E-state index >= 15 is 0 Å². The van der Waals surface area contributed by atoms with Crippen molar-refractivity contribution in [2.24, 2.45) is 0 Å². The Morgan fingerprint density at radius 2 is 1.96 bits per heavy atom. The van der Waals surface area contributed by atoms with Crippen molar-refractivity contribution in [2.45, 2.75) is 0 Å². The van der Waals surface area contributed by atoms with Gasteiger partial charge in [-0.25, -0.2) is 4.39 Å². The van der Waals surface area contributed by atoms with Crippen molar-refractivity contribution in [2.75, 3.05) is 0 Å². The highest BCUT2D eigenvalue weighted by molar-refractivity contribution is 6.50. The highest BCUT2D eigenvalue weighted by Gasteiger charge is 2.13. The number of rotatable bonds is 4. The maximum Gasteiger partial charge on any atom is 0.269 e. The second-order valence-electron chi connectivity index (χ2n) is 4.76. The van der Waals surface area contributed by atoms with Crippen LogP contribution < -0.4 is 0 Å². The summed E-state index contributed by atoms with van der Waals surface area (Å²) in [5.41, 5.74) is 1.03. The summed E-state index contributed by atoms with van der Waals surface area (Å²) in [7, 11) is 0. The monoisotopic (exact) mass is 345 g/mol. The third-order valence-corrected chi connectivity index (χ3v) is 3.37. The number of nitro groups is 1. The topological polar surface area (TPSA) is 82.1 Å². The van der Waals surface area contributed by atoms with Gasteiger partial charge in [-0.3, -0.25) is 10.1 Å². The van der Waals surface area contributed by atoms with E-state index in [1.54, 1.807) is 12.1 Å². The molecule has 24 heavy (non-hydrogen) atoms. The smallest absolute Gasteiger partial charge is 0.269 e. The van der Waals surface area contributed by atoms with Gasteiger partial charge in [0, 0.05) is 17.7 Å². The normalized spacial score (nSPS) is 11.5. The number of nitrogens with zero attached hydrogens (tertiary/aromatic N) is 3. The number of nitro benzene ring substituents is 1. The van der Waals surface area contributed by atoms with Crippen molar-refractivity contribution in [1.29, 1.82) is 0 Å². The Labute approximate surface area is 140 Å². The third-order valence-electron chi connectivity index (χ3n) is 3.10. The molecule has 0 atom stereocenters. The van der Waals surface area contributed by atoms with Gasteiger partial charge in [-0.05, 0) is 35.9 Å². The average Bonchev–Trinajstić information content (AvgIpc) is 3.05. The van der Waals surface area contributed by atoms with E-state index in [0.29, 0.717) is 11.1 Å². The molecular formula is C16H9ClFN3O3. The van der Waals surface area contributed by atoms with Gasteiger partial charge < -0.3 is 4.42 Å². The maximum absolute atomic E-state index is 13.2. The van der Waals surface area contributed by atoms with Gasteiger partial charge in [-0.2, -0.15) is 0 Å². The Morgan fingerprint density at radius 1 is 1.21 bits per heavy atom. The van der Waals surface area contributed by atoms with E-state index in [1.165, 1.54) is 42.5 Å². The Morgan fingerprint density at radius 3 is 2.62 bits per heavy atom. The molecule has 0 unspecified atom stereocenters. The molecule has 0 N–H and O–H groups in total. The molecule has 0 saturated carbocycles. The Bertz CT molecular complexity index is 922. The van der Waals surface area contributed by atoms with Crippen LogP contribution >= 0.6 is 11.6 Å². The number of non-ortho nitro benzene ring substituents is 1. The zero-order chi connectivity index (χ0) is 17.1. The third kappa shape index (κ3) is 3.47. The van der Waals surface area contributed by atoms with Crippen molar-refractivity contribution < 1.29 is 13.7 Å². The van der Waals surface area contributed by atoms with Crippen LogP contribution in [0.4, 0.5) is 10.1 Å². The molecular weight excluding hydrogens is 337 g/mol. The van der Waals surface area contributed by atoms with Gasteiger partial charge in [0.2, 0.25) is 5.89 Å². The molecule has 0 bridgehead atoms. The minimum atomic E-state index is -0.498. The molecule has 1 aromatic heterocycles. The fourth-order valence-electron chi connectivity index (χ4n) is 1.97. The molecule has 0 radical (unpaired) electrons. The van der Waals surface area contributed by atoms with Gasteiger partial charge >= 0.3 is 0 Å². The molecule has 3 aromatic rings. The van der Waals surface area contributed by atoms with E-state index in [4.69, 9.17) is 16.0 Å². The molecule has 0 amide bonds. The molecule has 0 fully saturated rings. The van der Waals surface area contributed by atoms with Crippen LogP contribution in [0, 0.1) is 15.9 Å². The molecule has 0 spiro atoms. The van der Waals surface area contributed by atoms with Gasteiger partial charge in [0.1, 0.15) is 10.8 Å². The zero-order valence-corrected chi connectivity index (χ0v) is 12.8. The number of aromatic nitrogens is 2. The molecule has 0 aliphatic rings. The SMILES string of the molecule is O=[N+]([O-])c1ccc(-c2nnc(/C(Cl)=C/c3cccc(F)c3)o2)cc1. The maximum atomic E-state index is 13.2. The molecule has 1 heterocycles. The van der Waals surface area contributed by atoms with Gasteiger partial charge in [-0.1, -0.05) is 23.7 Å². The van der Waals surface area contributed by atoms with Gasteiger partial charge in [0.25, 0.3) is 11.6 Å². The number of halogens is 2. The zero-order valence-electron chi connectivity index (χ0n) is 12.0. The highest BCUT2D eigenvalue weighted by atomic mass is 35.5. The van der Waals surface area contributed by atoms with E-state index in [0.717, 1.165) is 0 Å². The van der Waals surface area contributed by atoms with E-state index in [-0.39, 0.29) is 28.3 Å². The minimum Gasteiger partial charge on any atom is -0.415 e. The average molecular weight is 346 g/mol. The van der Waals surface area contributed by atoms with Crippen LogP contribution in [0.5, 0.6) is 0 Å². The fourth-order valence-corrected chi connectivity index (χ4v) is 2.17. The van der Waals surface area contributed by atoms with Gasteiger partial charge in [0.05, 0.1) is 4.92 Å².